The highest BCUT2D eigenvalue weighted by Crippen LogP contribution is 2.30. The molecule has 0 radical (unpaired) electrons. The fourth-order valence-corrected chi connectivity index (χ4v) is 4.65. The number of nitrogens with zero attached hydrogens (tertiary/aromatic N) is 3. The number of rotatable bonds is 8. The second-order valence-electron chi connectivity index (χ2n) is 8.24. The molecule has 1 aromatic heterocycles. The Morgan fingerprint density at radius 1 is 1.09 bits per heavy atom. The largest absolute Gasteiger partial charge is 0.495 e. The lowest BCUT2D eigenvalue weighted by molar-refractivity contribution is -0.119. The Morgan fingerprint density at radius 2 is 1.79 bits per heavy atom. The van der Waals surface area contributed by atoms with Crippen LogP contribution in [-0.4, -0.2) is 45.0 Å². The van der Waals surface area contributed by atoms with Gasteiger partial charge >= 0.3 is 0 Å². The van der Waals surface area contributed by atoms with E-state index in [9.17, 15) is 13.2 Å². The smallest absolute Gasteiger partial charge is 0.260 e. The second-order valence-corrected chi connectivity index (χ2v) is 10.1. The minimum Gasteiger partial charge on any atom is -0.495 e. The lowest BCUT2D eigenvalue weighted by Gasteiger charge is -2.23. The molecule has 0 fully saturated rings. The van der Waals surface area contributed by atoms with Gasteiger partial charge in [0.15, 0.2) is 0 Å². The molecular weight excluding hydrogens is 452 g/mol. The van der Waals surface area contributed by atoms with Crippen LogP contribution in [0.5, 0.6) is 5.75 Å². The number of aryl methyl sites for hydroxylation is 3. The monoisotopic (exact) mass is 482 g/mol. The maximum atomic E-state index is 12.6. The van der Waals surface area contributed by atoms with Crippen molar-refractivity contribution >= 4 is 27.8 Å². The predicted molar refractivity (Wildman–Crippen MR) is 136 cm³/mol. The van der Waals surface area contributed by atoms with Gasteiger partial charge in [-0.25, -0.2) is 13.8 Å². The zero-order valence-electron chi connectivity index (χ0n) is 20.3. The first kappa shape index (κ1) is 25.0. The molecule has 0 aliphatic carbocycles. The zero-order chi connectivity index (χ0) is 25.0. The molecule has 2 aromatic carbocycles. The van der Waals surface area contributed by atoms with E-state index in [1.54, 1.807) is 24.4 Å². The van der Waals surface area contributed by atoms with Gasteiger partial charge in [-0.15, -0.1) is 0 Å². The van der Waals surface area contributed by atoms with E-state index in [1.807, 2.05) is 52.0 Å². The van der Waals surface area contributed by atoms with Crippen LogP contribution in [-0.2, 0) is 14.8 Å². The first-order chi connectivity index (χ1) is 16.0. The Hall–Kier alpha value is -3.59. The number of amides is 1. The molecule has 0 unspecified atom stereocenters. The van der Waals surface area contributed by atoms with Crippen molar-refractivity contribution in [3.8, 4) is 11.4 Å². The molecule has 9 heteroatoms. The van der Waals surface area contributed by atoms with E-state index in [2.05, 4.69) is 21.2 Å². The van der Waals surface area contributed by atoms with Gasteiger partial charge in [0.05, 0.1) is 25.3 Å². The fourth-order valence-electron chi connectivity index (χ4n) is 3.80. The minimum atomic E-state index is -3.75. The third-order valence-corrected chi connectivity index (χ3v) is 6.54. The van der Waals surface area contributed by atoms with Gasteiger partial charge in [0.2, 0.25) is 10.0 Å². The van der Waals surface area contributed by atoms with E-state index in [-0.39, 0.29) is 0 Å². The molecule has 0 saturated heterocycles. The standard InChI is InChI=1S/C25H30N4O4S/c1-17-8-7-9-22(12-17)29-19(3)14-21(20(29)4)15-26-27-25(30)16-28(34(6,31)32)23-13-18(2)10-11-24(23)33-5/h7-15H,16H2,1-6H3,(H,27,30)/b26-15-. The second kappa shape index (κ2) is 10.1. The summed E-state index contributed by atoms with van der Waals surface area (Å²) in [6.45, 7) is 7.43. The third-order valence-electron chi connectivity index (χ3n) is 5.41. The third kappa shape index (κ3) is 5.66. The highest BCUT2D eigenvalue weighted by Gasteiger charge is 2.24. The summed E-state index contributed by atoms with van der Waals surface area (Å²) in [6.07, 6.45) is 2.61. The van der Waals surface area contributed by atoms with Gasteiger partial charge in [0, 0.05) is 22.6 Å². The number of anilines is 1. The van der Waals surface area contributed by atoms with Crippen LogP contribution >= 0.6 is 0 Å². The lowest BCUT2D eigenvalue weighted by Crippen LogP contribution is -2.39. The topological polar surface area (TPSA) is 93.0 Å². The molecule has 1 heterocycles. The molecule has 0 aliphatic heterocycles. The molecule has 0 spiro atoms. The molecule has 0 atom stereocenters. The first-order valence-corrected chi connectivity index (χ1v) is 12.6. The van der Waals surface area contributed by atoms with Crippen LogP contribution < -0.4 is 14.5 Å². The summed E-state index contributed by atoms with van der Waals surface area (Å²) < 4.78 is 33.3. The molecule has 0 saturated carbocycles. The van der Waals surface area contributed by atoms with Crippen molar-refractivity contribution in [1.82, 2.24) is 9.99 Å². The van der Waals surface area contributed by atoms with Crippen LogP contribution in [0.3, 0.4) is 0 Å². The summed E-state index contributed by atoms with van der Waals surface area (Å²) in [5.41, 5.74) is 8.64. The van der Waals surface area contributed by atoms with E-state index < -0.39 is 22.5 Å². The van der Waals surface area contributed by atoms with Gasteiger partial charge in [-0.1, -0.05) is 18.2 Å². The van der Waals surface area contributed by atoms with Crippen LogP contribution in [0, 0.1) is 27.7 Å². The Kier molecular flexibility index (Phi) is 7.46. The van der Waals surface area contributed by atoms with Crippen LogP contribution in [0.15, 0.2) is 53.6 Å². The van der Waals surface area contributed by atoms with Gasteiger partial charge in [-0.05, 0) is 69.2 Å². The summed E-state index contributed by atoms with van der Waals surface area (Å²) in [5.74, 6) is -0.214. The van der Waals surface area contributed by atoms with E-state index in [4.69, 9.17) is 4.74 Å². The van der Waals surface area contributed by atoms with Crippen LogP contribution in [0.4, 0.5) is 5.69 Å². The Bertz CT molecular complexity index is 1340. The first-order valence-electron chi connectivity index (χ1n) is 10.7. The number of ether oxygens (including phenoxy) is 1. The number of methoxy groups -OCH3 is 1. The number of carbonyl (C=O) groups excluding carboxylic acids is 1. The van der Waals surface area contributed by atoms with Gasteiger partial charge < -0.3 is 9.30 Å². The van der Waals surface area contributed by atoms with E-state index >= 15 is 0 Å². The van der Waals surface area contributed by atoms with Crippen molar-refractivity contribution in [3.05, 3.63) is 76.6 Å². The number of hydrogen-bond acceptors (Lipinski definition) is 5. The molecular formula is C25H30N4O4S. The fraction of sp³-hybridized carbons (Fsp3) is 0.280. The number of sulfonamides is 1. The van der Waals surface area contributed by atoms with E-state index in [0.717, 1.165) is 44.3 Å². The van der Waals surface area contributed by atoms with Crippen molar-refractivity contribution in [3.63, 3.8) is 0 Å². The molecule has 0 bridgehead atoms. The summed E-state index contributed by atoms with van der Waals surface area (Å²) in [6, 6.07) is 15.3. The number of hydrazone groups is 1. The molecule has 1 amide bonds. The van der Waals surface area contributed by atoms with Gasteiger partial charge in [0.25, 0.3) is 5.91 Å². The average molecular weight is 483 g/mol. The van der Waals surface area contributed by atoms with Crippen molar-refractivity contribution in [2.45, 2.75) is 27.7 Å². The van der Waals surface area contributed by atoms with Crippen molar-refractivity contribution in [2.24, 2.45) is 5.10 Å². The minimum absolute atomic E-state index is 0.297. The van der Waals surface area contributed by atoms with Crippen LogP contribution in [0.2, 0.25) is 0 Å². The number of nitrogens with one attached hydrogen (secondary N) is 1. The summed E-state index contributed by atoms with van der Waals surface area (Å²) >= 11 is 0. The van der Waals surface area contributed by atoms with Crippen LogP contribution in [0.25, 0.3) is 5.69 Å². The van der Waals surface area contributed by atoms with Crippen molar-refractivity contribution in [2.75, 3.05) is 24.2 Å². The van der Waals surface area contributed by atoms with Gasteiger partial charge in [-0.2, -0.15) is 5.10 Å². The van der Waals surface area contributed by atoms with Crippen LogP contribution in [0.1, 0.15) is 28.1 Å². The highest BCUT2D eigenvalue weighted by molar-refractivity contribution is 7.92. The van der Waals surface area contributed by atoms with E-state index in [1.165, 1.54) is 7.11 Å². The quantitative estimate of drug-likeness (QED) is 0.392. The Morgan fingerprint density at radius 3 is 2.44 bits per heavy atom. The molecule has 0 aliphatic rings. The van der Waals surface area contributed by atoms with Crippen molar-refractivity contribution in [1.29, 1.82) is 0 Å². The maximum Gasteiger partial charge on any atom is 0.260 e. The summed E-state index contributed by atoms with van der Waals surface area (Å²) in [5, 5.41) is 4.07. The van der Waals surface area contributed by atoms with Gasteiger partial charge in [0.1, 0.15) is 12.3 Å². The van der Waals surface area contributed by atoms with E-state index in [0.29, 0.717) is 11.4 Å². The molecule has 8 nitrogen and oxygen atoms in total. The Balaban J connectivity index is 1.78. The molecule has 1 N–H and O–H groups in total. The summed E-state index contributed by atoms with van der Waals surface area (Å²) in [4.78, 5) is 12.6. The number of aromatic nitrogens is 1. The molecule has 180 valence electrons. The molecule has 3 aromatic rings. The maximum absolute atomic E-state index is 12.6. The highest BCUT2D eigenvalue weighted by atomic mass is 32.2. The average Bonchev–Trinajstić information content (AvgIpc) is 3.04. The SMILES string of the molecule is COc1ccc(C)cc1N(CC(=O)N/N=C\c1cc(C)n(-c2cccc(C)c2)c1C)S(C)(=O)=O. The normalized spacial score (nSPS) is 11.6. The van der Waals surface area contributed by atoms with Gasteiger partial charge in [-0.3, -0.25) is 9.10 Å². The Labute approximate surface area is 200 Å². The summed E-state index contributed by atoms with van der Waals surface area (Å²) in [7, 11) is -2.29. The number of benzene rings is 2. The molecule has 3 rings (SSSR count). The van der Waals surface area contributed by atoms with Crippen molar-refractivity contribution < 1.29 is 17.9 Å². The number of carbonyl (C=O) groups is 1. The molecule has 34 heavy (non-hydrogen) atoms. The number of hydrogen-bond donors (Lipinski definition) is 1. The predicted octanol–water partition coefficient (Wildman–Crippen LogP) is 3.64. The lowest BCUT2D eigenvalue weighted by atomic mass is 10.2. The zero-order valence-corrected chi connectivity index (χ0v) is 21.1.